The van der Waals surface area contributed by atoms with Crippen LogP contribution in [0.25, 0.3) is 0 Å². The molecule has 0 saturated carbocycles. The lowest BCUT2D eigenvalue weighted by molar-refractivity contribution is 0.260. The number of benzene rings is 2. The number of hydrogen-bond donors (Lipinski definition) is 1. The molecular weight excluding hydrogens is 374 g/mol. The summed E-state index contributed by atoms with van der Waals surface area (Å²) < 4.78 is 63.2. The van der Waals surface area contributed by atoms with Crippen molar-refractivity contribution in [3.05, 3.63) is 58.6 Å². The lowest BCUT2D eigenvalue weighted by atomic mass is 10.3. The molecule has 0 unspecified atom stereocenters. The van der Waals surface area contributed by atoms with Gasteiger partial charge >= 0.3 is 0 Å². The minimum atomic E-state index is -1.61. The molecule has 0 aliphatic rings. The summed E-state index contributed by atoms with van der Waals surface area (Å²) in [6.07, 6.45) is 0. The van der Waals surface area contributed by atoms with Crippen LogP contribution in [-0.4, -0.2) is 17.3 Å². The van der Waals surface area contributed by atoms with Gasteiger partial charge in [-0.2, -0.15) is 8.78 Å². The smallest absolute Gasteiger partial charge is 0.210 e. The van der Waals surface area contributed by atoms with E-state index in [-0.39, 0.29) is 11.1 Å². The third-order valence-corrected chi connectivity index (χ3v) is 4.03. The van der Waals surface area contributed by atoms with E-state index < -0.39 is 35.6 Å². The van der Waals surface area contributed by atoms with Crippen molar-refractivity contribution in [2.45, 2.75) is 6.61 Å². The van der Waals surface area contributed by atoms with Gasteiger partial charge in [0.1, 0.15) is 12.4 Å². The molecule has 0 amide bonds. The van der Waals surface area contributed by atoms with Crippen LogP contribution in [0, 0.1) is 23.3 Å². The van der Waals surface area contributed by atoms with E-state index >= 15 is 0 Å². The van der Waals surface area contributed by atoms with Gasteiger partial charge in [0, 0.05) is 11.8 Å². The van der Waals surface area contributed by atoms with Gasteiger partial charge in [-0.3, -0.25) is 0 Å². The number of methoxy groups -OCH3 is 1. The van der Waals surface area contributed by atoms with Crippen LogP contribution in [0.15, 0.2) is 30.3 Å². The summed E-state index contributed by atoms with van der Waals surface area (Å²) in [6, 6.07) is 7.13. The molecule has 0 spiro atoms. The molecule has 2 aromatic carbocycles. The maximum absolute atomic E-state index is 13.5. The zero-order valence-electron chi connectivity index (χ0n) is 13.2. The van der Waals surface area contributed by atoms with Gasteiger partial charge in [-0.05, 0) is 24.3 Å². The topological polar surface area (TPSA) is 56.3 Å². The molecule has 0 fully saturated rings. The Hall–Kier alpha value is -2.88. The maximum atomic E-state index is 13.5. The fraction of sp³-hybridized carbons (Fsp3) is 0.125. The summed E-state index contributed by atoms with van der Waals surface area (Å²) in [7, 11) is 1.55. The summed E-state index contributed by atoms with van der Waals surface area (Å²) in [5.74, 6) is -6.75. The van der Waals surface area contributed by atoms with Crippen LogP contribution in [0.2, 0.25) is 0 Å². The van der Waals surface area contributed by atoms with E-state index in [1.807, 2.05) is 0 Å². The maximum Gasteiger partial charge on any atom is 0.210 e. The summed E-state index contributed by atoms with van der Waals surface area (Å²) in [4.78, 5) is 0. The van der Waals surface area contributed by atoms with Crippen molar-refractivity contribution in [1.29, 1.82) is 0 Å². The number of ether oxygens (including phenoxy) is 2. The van der Waals surface area contributed by atoms with E-state index in [0.29, 0.717) is 10.9 Å². The van der Waals surface area contributed by atoms with Gasteiger partial charge in [0.15, 0.2) is 22.4 Å². The molecule has 0 bridgehead atoms. The van der Waals surface area contributed by atoms with Crippen molar-refractivity contribution < 1.29 is 27.0 Å². The minimum absolute atomic E-state index is 0.110. The molecule has 1 aromatic heterocycles. The molecule has 136 valence electrons. The molecule has 1 heterocycles. The number of anilines is 2. The fourth-order valence-electron chi connectivity index (χ4n) is 1.97. The molecule has 5 nitrogen and oxygen atoms in total. The van der Waals surface area contributed by atoms with E-state index in [1.54, 1.807) is 31.4 Å². The van der Waals surface area contributed by atoms with Crippen molar-refractivity contribution in [3.63, 3.8) is 0 Å². The van der Waals surface area contributed by atoms with Crippen LogP contribution in [0.3, 0.4) is 0 Å². The Bertz CT molecular complexity index is 892. The molecule has 3 aromatic rings. The summed E-state index contributed by atoms with van der Waals surface area (Å²) in [5, 5.41) is 11.3. The van der Waals surface area contributed by atoms with Gasteiger partial charge in [0.05, 0.1) is 7.11 Å². The molecule has 26 heavy (non-hydrogen) atoms. The highest BCUT2D eigenvalue weighted by molar-refractivity contribution is 7.15. The van der Waals surface area contributed by atoms with Crippen LogP contribution < -0.4 is 14.8 Å². The molecule has 0 atom stereocenters. The van der Waals surface area contributed by atoms with Crippen LogP contribution in [0.5, 0.6) is 11.5 Å². The van der Waals surface area contributed by atoms with Crippen molar-refractivity contribution in [1.82, 2.24) is 10.2 Å². The number of aromatic nitrogens is 2. The van der Waals surface area contributed by atoms with Crippen molar-refractivity contribution in [2.75, 3.05) is 12.4 Å². The molecule has 1 N–H and O–H groups in total. The molecule has 3 rings (SSSR count). The van der Waals surface area contributed by atoms with Gasteiger partial charge in [-0.15, -0.1) is 10.2 Å². The molecule has 0 radical (unpaired) electrons. The quantitative estimate of drug-likeness (QED) is 0.503. The SMILES string of the molecule is COc1ccc(Nc2nnc(COc3c(F)c(F)cc(F)c3F)s2)cc1. The number of rotatable bonds is 6. The first-order valence-corrected chi connectivity index (χ1v) is 7.99. The number of halogens is 4. The monoisotopic (exact) mass is 385 g/mol. The second-order valence-corrected chi connectivity index (χ2v) is 6.00. The third-order valence-electron chi connectivity index (χ3n) is 3.22. The van der Waals surface area contributed by atoms with Crippen LogP contribution >= 0.6 is 11.3 Å². The average Bonchev–Trinajstić information content (AvgIpc) is 3.08. The van der Waals surface area contributed by atoms with Crippen LogP contribution in [0.1, 0.15) is 5.01 Å². The lowest BCUT2D eigenvalue weighted by Crippen LogP contribution is -2.03. The van der Waals surface area contributed by atoms with E-state index in [4.69, 9.17) is 9.47 Å². The normalized spacial score (nSPS) is 10.7. The first-order chi connectivity index (χ1) is 12.5. The predicted octanol–water partition coefficient (Wildman–Crippen LogP) is 4.43. The summed E-state index contributed by atoms with van der Waals surface area (Å²) in [5.41, 5.74) is 0.721. The van der Waals surface area contributed by atoms with Gasteiger partial charge in [0.25, 0.3) is 0 Å². The average molecular weight is 385 g/mol. The highest BCUT2D eigenvalue weighted by Gasteiger charge is 2.21. The van der Waals surface area contributed by atoms with Gasteiger partial charge in [-0.25, -0.2) is 8.78 Å². The second kappa shape index (κ2) is 7.56. The molecule has 0 aliphatic carbocycles. The Morgan fingerprint density at radius 3 is 2.27 bits per heavy atom. The predicted molar refractivity (Wildman–Crippen MR) is 86.8 cm³/mol. The Morgan fingerprint density at radius 2 is 1.65 bits per heavy atom. The highest BCUT2D eigenvalue weighted by Crippen LogP contribution is 2.28. The van der Waals surface area contributed by atoms with Crippen molar-refractivity contribution >= 4 is 22.2 Å². The van der Waals surface area contributed by atoms with Crippen molar-refractivity contribution in [2.24, 2.45) is 0 Å². The van der Waals surface area contributed by atoms with E-state index in [2.05, 4.69) is 15.5 Å². The molecular formula is C16H11F4N3O2S. The lowest BCUT2D eigenvalue weighted by Gasteiger charge is -2.07. The first-order valence-electron chi connectivity index (χ1n) is 7.17. The molecule has 10 heteroatoms. The van der Waals surface area contributed by atoms with Gasteiger partial charge in [-0.1, -0.05) is 11.3 Å². The Labute approximate surface area is 149 Å². The third kappa shape index (κ3) is 3.85. The summed E-state index contributed by atoms with van der Waals surface area (Å²) >= 11 is 1.06. The standard InChI is InChI=1S/C16H11F4N3O2S/c1-24-9-4-2-8(3-5-9)21-16-23-22-12(26-16)7-25-15-13(19)10(17)6-11(18)14(15)20/h2-6H,7H2,1H3,(H,21,23). The zero-order valence-corrected chi connectivity index (χ0v) is 14.0. The largest absolute Gasteiger partial charge is 0.497 e. The first kappa shape index (κ1) is 17.9. The number of hydrogen-bond acceptors (Lipinski definition) is 6. The van der Waals surface area contributed by atoms with Crippen LogP contribution in [-0.2, 0) is 6.61 Å². The van der Waals surface area contributed by atoms with Crippen molar-refractivity contribution in [3.8, 4) is 11.5 Å². The minimum Gasteiger partial charge on any atom is -0.497 e. The van der Waals surface area contributed by atoms with E-state index in [9.17, 15) is 17.6 Å². The highest BCUT2D eigenvalue weighted by atomic mass is 32.1. The van der Waals surface area contributed by atoms with E-state index in [0.717, 1.165) is 17.0 Å². The zero-order chi connectivity index (χ0) is 18.7. The summed E-state index contributed by atoms with van der Waals surface area (Å²) in [6.45, 7) is -0.404. The molecule has 0 saturated heterocycles. The van der Waals surface area contributed by atoms with E-state index in [1.165, 1.54) is 0 Å². The second-order valence-electron chi connectivity index (χ2n) is 4.94. The Kier molecular flexibility index (Phi) is 5.21. The fourth-order valence-corrected chi connectivity index (χ4v) is 2.65. The number of nitrogens with one attached hydrogen (secondary N) is 1. The van der Waals surface area contributed by atoms with Gasteiger partial charge < -0.3 is 14.8 Å². The van der Waals surface area contributed by atoms with Gasteiger partial charge in [0.2, 0.25) is 16.8 Å². The number of nitrogens with zero attached hydrogens (tertiary/aromatic N) is 2. The van der Waals surface area contributed by atoms with Crippen LogP contribution in [0.4, 0.5) is 28.4 Å². The Morgan fingerprint density at radius 1 is 1.00 bits per heavy atom. The molecule has 0 aliphatic heterocycles. The Balaban J connectivity index is 1.67.